The van der Waals surface area contributed by atoms with Gasteiger partial charge in [-0.2, -0.15) is 0 Å². The molecule has 1 atom stereocenters. The van der Waals surface area contributed by atoms with E-state index in [1.807, 2.05) is 0 Å². The third kappa shape index (κ3) is 4.86. The first kappa shape index (κ1) is 17.0. The maximum Gasteiger partial charge on any atom is 0.0846 e. The molecule has 2 aromatic rings. The zero-order valence-electron chi connectivity index (χ0n) is 13.6. The molecule has 0 N–H and O–H groups in total. The van der Waals surface area contributed by atoms with Crippen LogP contribution in [0.25, 0.3) is 0 Å². The van der Waals surface area contributed by atoms with E-state index in [1.165, 1.54) is 16.3 Å². The molecule has 0 aliphatic rings. The van der Waals surface area contributed by atoms with Gasteiger partial charge in [0.2, 0.25) is 0 Å². The van der Waals surface area contributed by atoms with Gasteiger partial charge in [0.15, 0.2) is 0 Å². The van der Waals surface area contributed by atoms with Crippen LogP contribution in [0.15, 0.2) is 72.8 Å². The van der Waals surface area contributed by atoms with Crippen LogP contribution in [-0.2, 0) is 6.42 Å². The lowest BCUT2D eigenvalue weighted by atomic mass is 10.1. The molecule has 0 fully saturated rings. The Balaban J connectivity index is 1.91. The molecule has 0 spiro atoms. The first-order chi connectivity index (χ1) is 10.5. The maximum atomic E-state index is 6.60. The van der Waals surface area contributed by atoms with Crippen molar-refractivity contribution in [3.8, 4) is 0 Å². The van der Waals surface area contributed by atoms with Crippen molar-refractivity contribution < 1.29 is 0 Å². The number of hydrogen-bond donors (Lipinski definition) is 0. The molecule has 1 unspecified atom stereocenters. The van der Waals surface area contributed by atoms with Crippen molar-refractivity contribution >= 4 is 24.9 Å². The van der Waals surface area contributed by atoms with E-state index in [0.717, 1.165) is 18.9 Å². The normalized spacial score (nSPS) is 12.9. The average Bonchev–Trinajstić information content (AvgIpc) is 2.54. The van der Waals surface area contributed by atoms with Crippen LogP contribution in [0.1, 0.15) is 12.0 Å². The minimum atomic E-state index is -1.50. The Kier molecular flexibility index (Phi) is 6.04. The fraction of sp³-hybridized carbons (Fsp3) is 0.300. The Morgan fingerprint density at radius 1 is 1.00 bits per heavy atom. The quantitative estimate of drug-likeness (QED) is 0.363. The molecule has 2 aromatic carbocycles. The molecule has 0 saturated heterocycles. The zero-order chi connectivity index (χ0) is 16.0. The summed E-state index contributed by atoms with van der Waals surface area (Å²) in [5, 5.41) is 1.54. The molecule has 0 nitrogen and oxygen atoms in total. The monoisotopic (exact) mass is 328 g/mol. The third-order valence-corrected chi connectivity index (χ3v) is 7.96. The second-order valence-corrected chi connectivity index (χ2v) is 11.8. The van der Waals surface area contributed by atoms with E-state index in [0.29, 0.717) is 0 Å². The average molecular weight is 329 g/mol. The number of rotatable bonds is 7. The molecule has 2 rings (SSSR count). The lowest BCUT2D eigenvalue weighted by molar-refractivity contribution is 0.819. The van der Waals surface area contributed by atoms with Gasteiger partial charge in [0.1, 0.15) is 0 Å². The minimum Gasteiger partial charge on any atom is -0.118 e. The summed E-state index contributed by atoms with van der Waals surface area (Å²) in [6.07, 6.45) is 1.98. The molecule has 22 heavy (non-hydrogen) atoms. The van der Waals surface area contributed by atoms with E-state index < -0.39 is 8.07 Å². The van der Waals surface area contributed by atoms with Crippen LogP contribution < -0.4 is 5.19 Å². The van der Waals surface area contributed by atoms with Crippen LogP contribution >= 0.6 is 11.6 Å². The predicted molar refractivity (Wildman–Crippen MR) is 102 cm³/mol. The van der Waals surface area contributed by atoms with Gasteiger partial charge in [-0.25, -0.2) is 0 Å². The summed E-state index contributed by atoms with van der Waals surface area (Å²) in [6.45, 7) is 9.07. The first-order valence-corrected chi connectivity index (χ1v) is 11.5. The molecule has 0 amide bonds. The standard InChI is InChI=1S/C20H25ClSi/c1-17(16-22(2,3)19-12-8-5-9-13-19)20(21)15-14-18-10-6-4-7-11-18/h4-13,20H,1,14-16H2,2-3H3. The Morgan fingerprint density at radius 2 is 1.55 bits per heavy atom. The van der Waals surface area contributed by atoms with E-state index in [4.69, 9.17) is 11.6 Å². The Morgan fingerprint density at radius 3 is 2.14 bits per heavy atom. The van der Waals surface area contributed by atoms with Crippen LogP contribution in [0.3, 0.4) is 0 Å². The third-order valence-electron chi connectivity index (χ3n) is 4.20. The van der Waals surface area contributed by atoms with Crippen LogP contribution in [0.2, 0.25) is 19.1 Å². The summed E-state index contributed by atoms with van der Waals surface area (Å²) < 4.78 is 0. The van der Waals surface area contributed by atoms with E-state index in [2.05, 4.69) is 80.3 Å². The summed E-state index contributed by atoms with van der Waals surface area (Å²) in [6, 6.07) is 22.4. The van der Waals surface area contributed by atoms with Gasteiger partial charge in [0.05, 0.1) is 13.5 Å². The van der Waals surface area contributed by atoms with Crippen molar-refractivity contribution in [2.24, 2.45) is 0 Å². The Hall–Kier alpha value is -1.31. The highest BCUT2D eigenvalue weighted by Crippen LogP contribution is 2.24. The topological polar surface area (TPSA) is 0 Å². The highest BCUT2D eigenvalue weighted by molar-refractivity contribution is 6.90. The Labute approximate surface area is 140 Å². The fourth-order valence-corrected chi connectivity index (χ4v) is 5.81. The molecular weight excluding hydrogens is 304 g/mol. The van der Waals surface area contributed by atoms with Crippen LogP contribution in [0, 0.1) is 0 Å². The number of alkyl halides is 1. The van der Waals surface area contributed by atoms with E-state index in [9.17, 15) is 0 Å². The van der Waals surface area contributed by atoms with E-state index >= 15 is 0 Å². The van der Waals surface area contributed by atoms with Gasteiger partial charge >= 0.3 is 0 Å². The van der Waals surface area contributed by atoms with Gasteiger partial charge in [-0.05, 0) is 24.4 Å². The van der Waals surface area contributed by atoms with Crippen molar-refractivity contribution in [2.45, 2.75) is 37.4 Å². The van der Waals surface area contributed by atoms with Crippen molar-refractivity contribution in [2.75, 3.05) is 0 Å². The van der Waals surface area contributed by atoms with E-state index in [-0.39, 0.29) is 5.38 Å². The lowest BCUT2D eigenvalue weighted by Crippen LogP contribution is -2.41. The molecule has 0 heterocycles. The molecule has 0 radical (unpaired) electrons. The van der Waals surface area contributed by atoms with Gasteiger partial charge in [-0.1, -0.05) is 91.1 Å². The van der Waals surface area contributed by atoms with Gasteiger partial charge in [-0.3, -0.25) is 0 Å². The fourth-order valence-electron chi connectivity index (χ4n) is 2.81. The summed E-state index contributed by atoms with van der Waals surface area (Å²) in [4.78, 5) is 0. The summed E-state index contributed by atoms with van der Waals surface area (Å²) in [7, 11) is -1.50. The smallest absolute Gasteiger partial charge is 0.0846 e. The SMILES string of the molecule is C=C(C[Si](C)(C)c1ccccc1)C(Cl)CCc1ccccc1. The highest BCUT2D eigenvalue weighted by Gasteiger charge is 2.26. The molecule has 0 aromatic heterocycles. The highest BCUT2D eigenvalue weighted by atomic mass is 35.5. The molecule has 0 bridgehead atoms. The van der Waals surface area contributed by atoms with Crippen LogP contribution in [0.5, 0.6) is 0 Å². The largest absolute Gasteiger partial charge is 0.118 e. The van der Waals surface area contributed by atoms with Gasteiger partial charge < -0.3 is 0 Å². The molecule has 116 valence electrons. The number of allylic oxidation sites excluding steroid dienone is 1. The minimum absolute atomic E-state index is 0.0655. The number of benzene rings is 2. The van der Waals surface area contributed by atoms with Crippen molar-refractivity contribution in [3.05, 3.63) is 78.4 Å². The number of aryl methyl sites for hydroxylation is 1. The van der Waals surface area contributed by atoms with Crippen LogP contribution in [0.4, 0.5) is 0 Å². The second kappa shape index (κ2) is 7.80. The first-order valence-electron chi connectivity index (χ1n) is 7.90. The molecule has 0 aliphatic carbocycles. The summed E-state index contributed by atoms with van der Waals surface area (Å²) in [5.74, 6) is 0. The van der Waals surface area contributed by atoms with Gasteiger partial charge in [0, 0.05) is 0 Å². The predicted octanol–water partition coefficient (Wildman–Crippen LogP) is 5.40. The number of hydrogen-bond acceptors (Lipinski definition) is 0. The van der Waals surface area contributed by atoms with Crippen molar-refractivity contribution in [3.63, 3.8) is 0 Å². The maximum absolute atomic E-state index is 6.60. The molecule has 0 aliphatic heterocycles. The van der Waals surface area contributed by atoms with E-state index in [1.54, 1.807) is 0 Å². The van der Waals surface area contributed by atoms with Crippen LogP contribution in [-0.4, -0.2) is 13.5 Å². The molecule has 0 saturated carbocycles. The molecular formula is C20H25ClSi. The second-order valence-electron chi connectivity index (χ2n) is 6.58. The Bertz CT molecular complexity index is 590. The van der Waals surface area contributed by atoms with Gasteiger partial charge in [0.25, 0.3) is 0 Å². The van der Waals surface area contributed by atoms with Crippen molar-refractivity contribution in [1.29, 1.82) is 0 Å². The van der Waals surface area contributed by atoms with Crippen molar-refractivity contribution in [1.82, 2.24) is 0 Å². The lowest BCUT2D eigenvalue weighted by Gasteiger charge is -2.26. The number of halogens is 1. The summed E-state index contributed by atoms with van der Waals surface area (Å²) >= 11 is 6.60. The summed E-state index contributed by atoms with van der Waals surface area (Å²) in [5.41, 5.74) is 2.54. The van der Waals surface area contributed by atoms with Gasteiger partial charge in [-0.15, -0.1) is 11.6 Å². The zero-order valence-corrected chi connectivity index (χ0v) is 15.3. The molecule has 2 heteroatoms.